The molecule has 1 saturated heterocycles. The van der Waals surface area contributed by atoms with Crippen molar-refractivity contribution in [3.05, 3.63) is 59.2 Å². The number of nitrogens with one attached hydrogen (secondary N) is 3. The molecule has 0 spiro atoms. The molecule has 30 heavy (non-hydrogen) atoms. The van der Waals surface area contributed by atoms with E-state index in [1.807, 2.05) is 38.1 Å². The molecule has 4 rings (SSSR count). The zero-order chi connectivity index (χ0) is 21.1. The number of hydrogen-bond acceptors (Lipinski definition) is 5. The van der Waals surface area contributed by atoms with Crippen LogP contribution in [0.3, 0.4) is 0 Å². The van der Waals surface area contributed by atoms with E-state index >= 15 is 0 Å². The molecule has 1 fully saturated rings. The largest absolute Gasteiger partial charge is 0.368 e. The third-order valence-corrected chi connectivity index (χ3v) is 4.98. The molecule has 8 nitrogen and oxygen atoms in total. The topological polar surface area (TPSA) is 109 Å². The van der Waals surface area contributed by atoms with Gasteiger partial charge in [0.05, 0.1) is 0 Å². The van der Waals surface area contributed by atoms with E-state index < -0.39 is 6.10 Å². The predicted molar refractivity (Wildman–Crippen MR) is 113 cm³/mol. The van der Waals surface area contributed by atoms with Gasteiger partial charge in [-0.25, -0.2) is 0 Å². The summed E-state index contributed by atoms with van der Waals surface area (Å²) in [6.45, 7) is 4.46. The van der Waals surface area contributed by atoms with E-state index in [4.69, 9.17) is 4.74 Å². The minimum Gasteiger partial charge on any atom is -0.368 e. The molecular weight excluding hydrogens is 382 g/mol. The van der Waals surface area contributed by atoms with Crippen LogP contribution in [0.15, 0.2) is 42.5 Å². The minimum absolute atomic E-state index is 0.182. The smallest absolute Gasteiger partial charge is 0.258 e. The first kappa shape index (κ1) is 19.8. The lowest BCUT2D eigenvalue weighted by atomic mass is 10.1. The number of amides is 2. The fraction of sp³-hybridized carbons (Fsp3) is 0.273. The van der Waals surface area contributed by atoms with Crippen LogP contribution < -0.4 is 10.6 Å². The van der Waals surface area contributed by atoms with E-state index in [1.54, 1.807) is 18.2 Å². The molecule has 0 radical (unpaired) electrons. The van der Waals surface area contributed by atoms with E-state index in [9.17, 15) is 9.59 Å². The highest BCUT2D eigenvalue weighted by molar-refractivity contribution is 6.05. The van der Waals surface area contributed by atoms with Gasteiger partial charge in [0.25, 0.3) is 11.8 Å². The Morgan fingerprint density at radius 1 is 1.13 bits per heavy atom. The van der Waals surface area contributed by atoms with Crippen LogP contribution in [0.25, 0.3) is 11.4 Å². The lowest BCUT2D eigenvalue weighted by Crippen LogP contribution is -2.27. The minimum atomic E-state index is -0.435. The Bertz CT molecular complexity index is 1090. The molecule has 154 valence electrons. The first-order valence-corrected chi connectivity index (χ1v) is 9.83. The van der Waals surface area contributed by atoms with Crippen LogP contribution in [0, 0.1) is 13.8 Å². The van der Waals surface area contributed by atoms with Crippen molar-refractivity contribution in [3.8, 4) is 11.4 Å². The molecule has 0 aliphatic carbocycles. The summed E-state index contributed by atoms with van der Waals surface area (Å²) in [4.78, 5) is 29.4. The van der Waals surface area contributed by atoms with Crippen molar-refractivity contribution >= 4 is 23.5 Å². The van der Waals surface area contributed by atoms with Gasteiger partial charge in [-0.05, 0) is 50.5 Å². The van der Waals surface area contributed by atoms with E-state index in [2.05, 4.69) is 25.8 Å². The summed E-state index contributed by atoms with van der Waals surface area (Å²) in [6, 6.07) is 13.0. The summed E-state index contributed by atoms with van der Waals surface area (Å²) in [7, 11) is 0. The van der Waals surface area contributed by atoms with E-state index in [0.29, 0.717) is 30.1 Å². The van der Waals surface area contributed by atoms with Gasteiger partial charge >= 0.3 is 0 Å². The zero-order valence-corrected chi connectivity index (χ0v) is 16.9. The van der Waals surface area contributed by atoms with E-state index in [-0.39, 0.29) is 17.8 Å². The zero-order valence-electron chi connectivity index (χ0n) is 16.9. The first-order valence-electron chi connectivity index (χ1n) is 9.83. The van der Waals surface area contributed by atoms with E-state index in [1.165, 1.54) is 0 Å². The monoisotopic (exact) mass is 405 g/mol. The fourth-order valence-electron chi connectivity index (χ4n) is 3.31. The number of benzene rings is 2. The normalized spacial score (nSPS) is 15.7. The molecule has 1 aromatic heterocycles. The number of nitrogens with zero attached hydrogens (tertiary/aromatic N) is 2. The van der Waals surface area contributed by atoms with Crippen LogP contribution in [-0.2, 0) is 9.53 Å². The molecule has 0 bridgehead atoms. The average Bonchev–Trinajstić information content (AvgIpc) is 3.42. The Hall–Kier alpha value is -3.52. The number of aryl methyl sites for hydroxylation is 2. The molecule has 8 heteroatoms. The van der Waals surface area contributed by atoms with Gasteiger partial charge in [0.1, 0.15) is 6.10 Å². The number of ether oxygens (including phenoxy) is 1. The number of hydrogen-bond donors (Lipinski definition) is 3. The number of aromatic amines is 1. The molecular formula is C22H23N5O3. The summed E-state index contributed by atoms with van der Waals surface area (Å²) in [5, 5.41) is 12.5. The van der Waals surface area contributed by atoms with Crippen LogP contribution in [0.5, 0.6) is 0 Å². The van der Waals surface area contributed by atoms with Gasteiger partial charge in [0.15, 0.2) is 5.82 Å². The summed E-state index contributed by atoms with van der Waals surface area (Å²) in [5.41, 5.74) is 3.82. The van der Waals surface area contributed by atoms with Gasteiger partial charge in [-0.1, -0.05) is 29.8 Å². The molecule has 1 aliphatic heterocycles. The standard InChI is InChI=1S/C22H23N5O3/c1-13-5-3-6-15(11-13)19-24-22(27-26-19)25-20(28)16-9-8-14(2)17(12-16)23-21(29)18-7-4-10-30-18/h3,5-6,8-9,11-12,18H,4,7,10H2,1-2H3,(H,23,29)(H2,24,25,26,27,28). The molecule has 1 atom stereocenters. The van der Waals surface area contributed by atoms with Crippen LogP contribution >= 0.6 is 0 Å². The number of H-pyrrole nitrogens is 1. The van der Waals surface area contributed by atoms with Gasteiger partial charge in [-0.15, -0.1) is 5.10 Å². The van der Waals surface area contributed by atoms with Gasteiger partial charge < -0.3 is 10.1 Å². The molecule has 3 N–H and O–H groups in total. The van der Waals surface area contributed by atoms with Crippen molar-refractivity contribution in [1.82, 2.24) is 15.2 Å². The Morgan fingerprint density at radius 2 is 2.00 bits per heavy atom. The lowest BCUT2D eigenvalue weighted by Gasteiger charge is -2.13. The quantitative estimate of drug-likeness (QED) is 0.602. The summed E-state index contributed by atoms with van der Waals surface area (Å²) < 4.78 is 5.42. The highest BCUT2D eigenvalue weighted by Gasteiger charge is 2.24. The lowest BCUT2D eigenvalue weighted by molar-refractivity contribution is -0.124. The Morgan fingerprint density at radius 3 is 2.77 bits per heavy atom. The first-order chi connectivity index (χ1) is 14.5. The highest BCUT2D eigenvalue weighted by atomic mass is 16.5. The van der Waals surface area contributed by atoms with Crippen LogP contribution in [0.1, 0.15) is 34.3 Å². The Labute approximate surface area is 174 Å². The maximum atomic E-state index is 12.7. The second-order valence-electron chi connectivity index (χ2n) is 7.35. The number of carbonyl (C=O) groups excluding carboxylic acids is 2. The number of aromatic nitrogens is 3. The maximum absolute atomic E-state index is 12.7. The number of rotatable bonds is 5. The van der Waals surface area contributed by atoms with Gasteiger partial charge in [-0.3, -0.25) is 20.0 Å². The van der Waals surface area contributed by atoms with Crippen molar-refractivity contribution in [2.75, 3.05) is 17.2 Å². The highest BCUT2D eigenvalue weighted by Crippen LogP contribution is 2.21. The molecule has 0 saturated carbocycles. The number of anilines is 2. The van der Waals surface area contributed by atoms with Gasteiger partial charge in [-0.2, -0.15) is 4.98 Å². The molecule has 1 unspecified atom stereocenters. The fourth-order valence-corrected chi connectivity index (χ4v) is 3.31. The molecule has 1 aliphatic rings. The number of carbonyl (C=O) groups is 2. The van der Waals surface area contributed by atoms with Crippen molar-refractivity contribution in [1.29, 1.82) is 0 Å². The van der Waals surface area contributed by atoms with Gasteiger partial charge in [0.2, 0.25) is 5.95 Å². The summed E-state index contributed by atoms with van der Waals surface area (Å²) >= 11 is 0. The van der Waals surface area contributed by atoms with Crippen LogP contribution in [0.2, 0.25) is 0 Å². The third-order valence-electron chi connectivity index (χ3n) is 4.98. The molecule has 2 amide bonds. The van der Waals surface area contributed by atoms with Crippen LogP contribution in [-0.4, -0.2) is 39.7 Å². The van der Waals surface area contributed by atoms with Crippen molar-refractivity contribution in [2.24, 2.45) is 0 Å². The average molecular weight is 405 g/mol. The SMILES string of the molecule is Cc1cccc(-c2nc(NC(=O)c3ccc(C)c(NC(=O)C4CCCO4)c3)n[nH]2)c1. The van der Waals surface area contributed by atoms with Crippen molar-refractivity contribution in [3.63, 3.8) is 0 Å². The second-order valence-corrected chi connectivity index (χ2v) is 7.35. The van der Waals surface area contributed by atoms with Crippen molar-refractivity contribution < 1.29 is 14.3 Å². The Kier molecular flexibility index (Phi) is 5.58. The van der Waals surface area contributed by atoms with Crippen molar-refractivity contribution in [2.45, 2.75) is 32.8 Å². The predicted octanol–water partition coefficient (Wildman–Crippen LogP) is 3.46. The third kappa shape index (κ3) is 4.38. The Balaban J connectivity index is 1.46. The summed E-state index contributed by atoms with van der Waals surface area (Å²) in [5.74, 6) is 0.201. The molecule has 2 aromatic carbocycles. The van der Waals surface area contributed by atoms with Crippen LogP contribution in [0.4, 0.5) is 11.6 Å². The maximum Gasteiger partial charge on any atom is 0.258 e. The second kappa shape index (κ2) is 8.46. The van der Waals surface area contributed by atoms with E-state index in [0.717, 1.165) is 23.1 Å². The molecule has 2 heterocycles. The van der Waals surface area contributed by atoms with Gasteiger partial charge in [0, 0.05) is 23.4 Å². The molecule has 3 aromatic rings. The summed E-state index contributed by atoms with van der Waals surface area (Å²) in [6.07, 6.45) is 1.15.